The standard InChI is InChI=1S/C32H21BrClN3O6/c1-41-27-15-23(34)13-21(29(27)42-17-18-5-4-6-19(11-18)32(39)40)16-35-37-30(36-25-8-3-2-7-24(25)31(37)38)28-14-20-12-22(33)9-10-26(20)43-28/h2-16H,17H2,1H3,(H,39,40). The third-order valence-electron chi connectivity index (χ3n) is 6.59. The maximum absolute atomic E-state index is 13.7. The number of ether oxygens (including phenoxy) is 2. The monoisotopic (exact) mass is 657 g/mol. The van der Waals surface area contributed by atoms with Crippen LogP contribution in [0.1, 0.15) is 21.5 Å². The fourth-order valence-corrected chi connectivity index (χ4v) is 5.17. The van der Waals surface area contributed by atoms with E-state index in [1.807, 2.05) is 18.2 Å². The number of halogens is 2. The fourth-order valence-electron chi connectivity index (χ4n) is 4.58. The Hall–Kier alpha value is -4.93. The van der Waals surface area contributed by atoms with Gasteiger partial charge in [-0.3, -0.25) is 4.79 Å². The molecular weight excluding hydrogens is 638 g/mol. The van der Waals surface area contributed by atoms with Gasteiger partial charge in [-0.15, -0.1) is 0 Å². The average Bonchev–Trinajstić information content (AvgIpc) is 3.43. The van der Waals surface area contributed by atoms with Gasteiger partial charge in [-0.05, 0) is 60.2 Å². The molecule has 0 spiro atoms. The van der Waals surface area contributed by atoms with Crippen LogP contribution in [0.5, 0.6) is 11.5 Å². The summed E-state index contributed by atoms with van der Waals surface area (Å²) in [6, 6.07) is 24.0. The molecule has 0 atom stereocenters. The summed E-state index contributed by atoms with van der Waals surface area (Å²) < 4.78 is 19.7. The second-order valence-electron chi connectivity index (χ2n) is 9.43. The van der Waals surface area contributed by atoms with Gasteiger partial charge in [-0.2, -0.15) is 9.78 Å². The van der Waals surface area contributed by atoms with Crippen molar-refractivity contribution in [2.24, 2.45) is 5.10 Å². The Morgan fingerprint density at radius 1 is 1.09 bits per heavy atom. The van der Waals surface area contributed by atoms with Crippen molar-refractivity contribution in [1.82, 2.24) is 9.66 Å². The minimum absolute atomic E-state index is 0.0389. The molecule has 0 bridgehead atoms. The minimum atomic E-state index is -1.04. The molecule has 0 unspecified atom stereocenters. The summed E-state index contributed by atoms with van der Waals surface area (Å²) in [5.74, 6) is 0.144. The third kappa shape index (κ3) is 5.75. The number of rotatable bonds is 8. The molecule has 6 aromatic rings. The van der Waals surface area contributed by atoms with E-state index in [1.54, 1.807) is 54.6 Å². The largest absolute Gasteiger partial charge is 0.493 e. The second-order valence-corrected chi connectivity index (χ2v) is 10.8. The van der Waals surface area contributed by atoms with Crippen LogP contribution in [0.3, 0.4) is 0 Å². The number of nitrogens with zero attached hydrogens (tertiary/aromatic N) is 3. The lowest BCUT2D eigenvalue weighted by molar-refractivity contribution is 0.0696. The summed E-state index contributed by atoms with van der Waals surface area (Å²) in [6.45, 7) is 0.0389. The molecule has 0 aliphatic rings. The van der Waals surface area contributed by atoms with Crippen LogP contribution < -0.4 is 15.0 Å². The van der Waals surface area contributed by atoms with Crippen LogP contribution in [0, 0.1) is 0 Å². The molecule has 2 aromatic heterocycles. The Morgan fingerprint density at radius 3 is 2.74 bits per heavy atom. The van der Waals surface area contributed by atoms with E-state index in [0.717, 1.165) is 9.86 Å². The fraction of sp³-hybridized carbons (Fsp3) is 0.0625. The van der Waals surface area contributed by atoms with E-state index in [0.29, 0.717) is 49.9 Å². The van der Waals surface area contributed by atoms with Gasteiger partial charge < -0.3 is 19.0 Å². The van der Waals surface area contributed by atoms with Crippen molar-refractivity contribution >= 4 is 61.6 Å². The van der Waals surface area contributed by atoms with Crippen LogP contribution in [0.25, 0.3) is 33.5 Å². The molecule has 0 fully saturated rings. The van der Waals surface area contributed by atoms with Crippen molar-refractivity contribution in [3.8, 4) is 23.1 Å². The Morgan fingerprint density at radius 2 is 1.93 bits per heavy atom. The molecule has 1 N–H and O–H groups in total. The summed E-state index contributed by atoms with van der Waals surface area (Å²) in [4.78, 5) is 29.8. The highest BCUT2D eigenvalue weighted by Crippen LogP contribution is 2.35. The summed E-state index contributed by atoms with van der Waals surface area (Å²) in [6.07, 6.45) is 1.43. The van der Waals surface area contributed by atoms with Gasteiger partial charge in [0.15, 0.2) is 17.3 Å². The molecule has 0 saturated carbocycles. The summed E-state index contributed by atoms with van der Waals surface area (Å²) >= 11 is 9.86. The molecule has 4 aromatic carbocycles. The first kappa shape index (κ1) is 28.2. The number of furan rings is 1. The Bertz CT molecular complexity index is 2120. The van der Waals surface area contributed by atoms with Crippen molar-refractivity contribution in [1.29, 1.82) is 0 Å². The average molecular weight is 659 g/mol. The van der Waals surface area contributed by atoms with Crippen molar-refractivity contribution < 1.29 is 23.8 Å². The molecule has 6 rings (SSSR count). The number of hydrogen-bond acceptors (Lipinski definition) is 7. The predicted molar refractivity (Wildman–Crippen MR) is 168 cm³/mol. The van der Waals surface area contributed by atoms with E-state index in [-0.39, 0.29) is 18.0 Å². The minimum Gasteiger partial charge on any atom is -0.493 e. The molecule has 9 nitrogen and oxygen atoms in total. The van der Waals surface area contributed by atoms with E-state index in [2.05, 4.69) is 21.0 Å². The third-order valence-corrected chi connectivity index (χ3v) is 7.30. The SMILES string of the molecule is COc1cc(Cl)cc(C=Nn2c(-c3cc4cc(Br)ccc4o3)nc3ccccc3c2=O)c1OCc1cccc(C(=O)O)c1. The summed E-state index contributed by atoms with van der Waals surface area (Å²) in [5.41, 5.74) is 1.90. The van der Waals surface area contributed by atoms with E-state index in [4.69, 9.17) is 30.5 Å². The molecule has 0 radical (unpaired) electrons. The molecule has 0 aliphatic heterocycles. The number of aromatic nitrogens is 2. The van der Waals surface area contributed by atoms with Crippen LogP contribution >= 0.6 is 27.5 Å². The normalized spacial score (nSPS) is 11.4. The van der Waals surface area contributed by atoms with E-state index < -0.39 is 11.5 Å². The summed E-state index contributed by atoms with van der Waals surface area (Å²) in [5, 5.41) is 15.4. The highest BCUT2D eigenvalue weighted by molar-refractivity contribution is 9.10. The zero-order valence-corrected chi connectivity index (χ0v) is 24.8. The van der Waals surface area contributed by atoms with Gasteiger partial charge in [0, 0.05) is 26.5 Å². The van der Waals surface area contributed by atoms with E-state index in [1.165, 1.54) is 30.1 Å². The Balaban J connectivity index is 1.46. The van der Waals surface area contributed by atoms with Crippen molar-refractivity contribution in [3.05, 3.63) is 121 Å². The predicted octanol–water partition coefficient (Wildman–Crippen LogP) is 7.39. The number of methoxy groups -OCH3 is 1. The Kier molecular flexibility index (Phi) is 7.71. The first-order valence-electron chi connectivity index (χ1n) is 12.9. The lowest BCUT2D eigenvalue weighted by Gasteiger charge is -2.14. The van der Waals surface area contributed by atoms with Crippen molar-refractivity contribution in [2.75, 3.05) is 7.11 Å². The molecule has 0 amide bonds. The first-order chi connectivity index (χ1) is 20.8. The summed E-state index contributed by atoms with van der Waals surface area (Å²) in [7, 11) is 1.47. The van der Waals surface area contributed by atoms with Gasteiger partial charge in [0.05, 0.1) is 29.8 Å². The molecule has 2 heterocycles. The van der Waals surface area contributed by atoms with E-state index in [9.17, 15) is 14.7 Å². The molecule has 11 heteroatoms. The molecule has 43 heavy (non-hydrogen) atoms. The molecule has 214 valence electrons. The lowest BCUT2D eigenvalue weighted by Crippen LogP contribution is -2.20. The van der Waals surface area contributed by atoms with Crippen LogP contribution in [-0.4, -0.2) is 34.1 Å². The number of fused-ring (bicyclic) bond motifs is 2. The first-order valence-corrected chi connectivity index (χ1v) is 14.1. The van der Waals surface area contributed by atoms with Crippen molar-refractivity contribution in [3.63, 3.8) is 0 Å². The van der Waals surface area contributed by atoms with E-state index >= 15 is 0 Å². The zero-order chi connectivity index (χ0) is 30.1. The van der Waals surface area contributed by atoms with Gasteiger partial charge in [-0.1, -0.05) is 51.8 Å². The van der Waals surface area contributed by atoms with Crippen LogP contribution in [0.4, 0.5) is 0 Å². The maximum Gasteiger partial charge on any atom is 0.335 e. The van der Waals surface area contributed by atoms with Crippen LogP contribution in [0.2, 0.25) is 5.02 Å². The number of carboxylic acids is 1. The van der Waals surface area contributed by atoms with Gasteiger partial charge in [0.25, 0.3) is 5.56 Å². The Labute approximate surface area is 257 Å². The van der Waals surface area contributed by atoms with Crippen molar-refractivity contribution in [2.45, 2.75) is 6.61 Å². The smallest absolute Gasteiger partial charge is 0.335 e. The number of hydrogen-bond donors (Lipinski definition) is 1. The maximum atomic E-state index is 13.7. The molecule has 0 aliphatic carbocycles. The number of benzene rings is 4. The number of carboxylic acid groups (broad SMARTS) is 1. The quantitative estimate of drug-likeness (QED) is 0.170. The second kappa shape index (κ2) is 11.7. The lowest BCUT2D eigenvalue weighted by atomic mass is 10.1. The van der Waals surface area contributed by atoms with Gasteiger partial charge in [0.2, 0.25) is 5.82 Å². The molecular formula is C32H21BrClN3O6. The van der Waals surface area contributed by atoms with Gasteiger partial charge in [0.1, 0.15) is 12.2 Å². The number of aromatic carboxylic acids is 1. The van der Waals surface area contributed by atoms with Gasteiger partial charge in [-0.25, -0.2) is 9.78 Å². The highest BCUT2D eigenvalue weighted by atomic mass is 79.9. The molecule has 0 saturated heterocycles. The zero-order valence-electron chi connectivity index (χ0n) is 22.5. The van der Waals surface area contributed by atoms with Crippen LogP contribution in [0.15, 0.2) is 104 Å². The van der Waals surface area contributed by atoms with Crippen LogP contribution in [-0.2, 0) is 6.61 Å². The topological polar surface area (TPSA) is 116 Å². The number of carbonyl (C=O) groups is 1. The number of para-hydroxylation sites is 1. The highest BCUT2D eigenvalue weighted by Gasteiger charge is 2.18. The van der Waals surface area contributed by atoms with Gasteiger partial charge >= 0.3 is 5.97 Å².